The van der Waals surface area contributed by atoms with Crippen LogP contribution in [-0.4, -0.2) is 18.3 Å². The van der Waals surface area contributed by atoms with E-state index in [1.54, 1.807) is 11.3 Å². The second kappa shape index (κ2) is 4.22. The lowest BCUT2D eigenvalue weighted by molar-refractivity contribution is 0.248. The van der Waals surface area contributed by atoms with Crippen molar-refractivity contribution in [1.29, 1.82) is 0 Å². The van der Waals surface area contributed by atoms with Crippen LogP contribution in [-0.2, 0) is 5.41 Å². The van der Waals surface area contributed by atoms with Crippen molar-refractivity contribution < 1.29 is 5.11 Å². The number of aliphatic hydroxyl groups is 1. The van der Waals surface area contributed by atoms with Crippen LogP contribution < -0.4 is 5.73 Å². The second-order valence-electron chi connectivity index (χ2n) is 3.65. The van der Waals surface area contributed by atoms with Gasteiger partial charge in [0, 0.05) is 28.3 Å². The van der Waals surface area contributed by atoms with Crippen molar-refractivity contribution in [3.8, 4) is 0 Å². The van der Waals surface area contributed by atoms with E-state index in [-0.39, 0.29) is 12.0 Å². The molecule has 0 aliphatic carbocycles. The molecule has 0 spiro atoms. The molecule has 1 aromatic rings. The monoisotopic (exact) mass is 199 g/mol. The lowest BCUT2D eigenvalue weighted by atomic mass is 9.85. The Hall–Kier alpha value is -0.380. The summed E-state index contributed by atoms with van der Waals surface area (Å²) < 4.78 is 0. The molecule has 0 saturated carbocycles. The van der Waals surface area contributed by atoms with Crippen molar-refractivity contribution in [3.63, 3.8) is 0 Å². The summed E-state index contributed by atoms with van der Waals surface area (Å²) >= 11 is 1.77. The third-order valence-electron chi connectivity index (χ3n) is 2.45. The van der Waals surface area contributed by atoms with Gasteiger partial charge >= 0.3 is 0 Å². The quantitative estimate of drug-likeness (QED) is 0.774. The SMILES string of the molecule is Cc1ccc(C(C)(CN)CCO)s1. The smallest absolute Gasteiger partial charge is 0.0440 e. The fourth-order valence-electron chi connectivity index (χ4n) is 1.33. The van der Waals surface area contributed by atoms with Crippen LogP contribution in [0.25, 0.3) is 0 Å². The van der Waals surface area contributed by atoms with E-state index in [0.717, 1.165) is 6.42 Å². The van der Waals surface area contributed by atoms with Gasteiger partial charge in [-0.2, -0.15) is 0 Å². The van der Waals surface area contributed by atoms with E-state index >= 15 is 0 Å². The van der Waals surface area contributed by atoms with Crippen LogP contribution in [0, 0.1) is 6.92 Å². The molecule has 1 aromatic heterocycles. The topological polar surface area (TPSA) is 46.2 Å². The van der Waals surface area contributed by atoms with Gasteiger partial charge in [-0.3, -0.25) is 0 Å². The van der Waals surface area contributed by atoms with Crippen LogP contribution in [0.2, 0.25) is 0 Å². The molecule has 1 atom stereocenters. The summed E-state index contributed by atoms with van der Waals surface area (Å²) in [7, 11) is 0. The number of nitrogens with two attached hydrogens (primary N) is 1. The van der Waals surface area contributed by atoms with Crippen molar-refractivity contribution >= 4 is 11.3 Å². The molecule has 1 heterocycles. The highest BCUT2D eigenvalue weighted by Crippen LogP contribution is 2.31. The van der Waals surface area contributed by atoms with Gasteiger partial charge in [-0.25, -0.2) is 0 Å². The molecule has 3 heteroatoms. The number of aryl methyl sites for hydroxylation is 1. The maximum Gasteiger partial charge on any atom is 0.0440 e. The summed E-state index contributed by atoms with van der Waals surface area (Å²) in [6.07, 6.45) is 0.740. The molecule has 0 radical (unpaired) electrons. The molecule has 0 aromatic carbocycles. The molecule has 2 nitrogen and oxygen atoms in total. The van der Waals surface area contributed by atoms with Crippen molar-refractivity contribution in [2.24, 2.45) is 5.73 Å². The summed E-state index contributed by atoms with van der Waals surface area (Å²) in [6.45, 7) is 4.98. The van der Waals surface area contributed by atoms with Gasteiger partial charge in [0.15, 0.2) is 0 Å². The highest BCUT2D eigenvalue weighted by atomic mass is 32.1. The number of thiophene rings is 1. The summed E-state index contributed by atoms with van der Waals surface area (Å²) in [6, 6.07) is 4.22. The number of hydrogen-bond donors (Lipinski definition) is 2. The maximum atomic E-state index is 8.95. The normalized spacial score (nSPS) is 15.7. The Morgan fingerprint density at radius 1 is 1.54 bits per heavy atom. The minimum Gasteiger partial charge on any atom is -0.396 e. The van der Waals surface area contributed by atoms with E-state index in [1.165, 1.54) is 9.75 Å². The van der Waals surface area contributed by atoms with Gasteiger partial charge in [-0.05, 0) is 25.5 Å². The number of rotatable bonds is 4. The molecule has 0 fully saturated rings. The van der Waals surface area contributed by atoms with Gasteiger partial charge in [-0.15, -0.1) is 11.3 Å². The first-order valence-corrected chi connectivity index (χ1v) is 5.32. The lowest BCUT2D eigenvalue weighted by Gasteiger charge is -2.25. The fourth-order valence-corrected chi connectivity index (χ4v) is 2.38. The highest BCUT2D eigenvalue weighted by molar-refractivity contribution is 7.12. The Labute approximate surface area is 83.4 Å². The predicted molar refractivity (Wildman–Crippen MR) is 57.2 cm³/mol. The Morgan fingerprint density at radius 2 is 2.23 bits per heavy atom. The van der Waals surface area contributed by atoms with Crippen LogP contribution >= 0.6 is 11.3 Å². The van der Waals surface area contributed by atoms with Crippen molar-refractivity contribution in [2.75, 3.05) is 13.2 Å². The van der Waals surface area contributed by atoms with Crippen molar-refractivity contribution in [2.45, 2.75) is 25.7 Å². The van der Waals surface area contributed by atoms with Gasteiger partial charge in [0.05, 0.1) is 0 Å². The van der Waals surface area contributed by atoms with Crippen LogP contribution in [0.1, 0.15) is 23.1 Å². The number of aliphatic hydroxyl groups excluding tert-OH is 1. The Morgan fingerprint density at radius 3 is 2.62 bits per heavy atom. The van der Waals surface area contributed by atoms with Crippen LogP contribution in [0.4, 0.5) is 0 Å². The minimum atomic E-state index is -0.0479. The average molecular weight is 199 g/mol. The Bertz CT molecular complexity index is 272. The lowest BCUT2D eigenvalue weighted by Crippen LogP contribution is -2.31. The minimum absolute atomic E-state index is 0.0479. The molecule has 74 valence electrons. The summed E-state index contributed by atoms with van der Waals surface area (Å²) in [4.78, 5) is 2.58. The molecular weight excluding hydrogens is 182 g/mol. The standard InChI is InChI=1S/C10H17NOS/c1-8-3-4-9(13-8)10(2,7-11)5-6-12/h3-4,12H,5-7,11H2,1-2H3. The first-order chi connectivity index (χ1) is 6.12. The maximum absolute atomic E-state index is 8.95. The second-order valence-corrected chi connectivity index (χ2v) is 4.94. The van der Waals surface area contributed by atoms with Gasteiger partial charge < -0.3 is 10.8 Å². The predicted octanol–water partition coefficient (Wildman–Crippen LogP) is 1.66. The first kappa shape index (κ1) is 10.7. The molecule has 1 unspecified atom stereocenters. The van der Waals surface area contributed by atoms with E-state index < -0.39 is 0 Å². The number of hydrogen-bond acceptors (Lipinski definition) is 3. The Kier molecular flexibility index (Phi) is 3.47. The van der Waals surface area contributed by atoms with Crippen molar-refractivity contribution in [1.82, 2.24) is 0 Å². The van der Waals surface area contributed by atoms with E-state index in [2.05, 4.69) is 26.0 Å². The van der Waals surface area contributed by atoms with Crippen LogP contribution in [0.3, 0.4) is 0 Å². The van der Waals surface area contributed by atoms with Gasteiger partial charge in [0.1, 0.15) is 0 Å². The molecule has 1 rings (SSSR count). The zero-order valence-electron chi connectivity index (χ0n) is 8.21. The molecule has 0 aliphatic heterocycles. The molecule has 13 heavy (non-hydrogen) atoms. The van der Waals surface area contributed by atoms with E-state index in [1.807, 2.05) is 0 Å². The van der Waals surface area contributed by atoms with E-state index in [4.69, 9.17) is 10.8 Å². The highest BCUT2D eigenvalue weighted by Gasteiger charge is 2.25. The summed E-state index contributed by atoms with van der Waals surface area (Å²) in [5.74, 6) is 0. The summed E-state index contributed by atoms with van der Waals surface area (Å²) in [5.41, 5.74) is 5.68. The van der Waals surface area contributed by atoms with Crippen LogP contribution in [0.15, 0.2) is 12.1 Å². The van der Waals surface area contributed by atoms with Gasteiger partial charge in [0.2, 0.25) is 0 Å². The fraction of sp³-hybridized carbons (Fsp3) is 0.600. The van der Waals surface area contributed by atoms with Crippen LogP contribution in [0.5, 0.6) is 0 Å². The largest absolute Gasteiger partial charge is 0.396 e. The summed E-state index contributed by atoms with van der Waals surface area (Å²) in [5, 5.41) is 8.95. The first-order valence-electron chi connectivity index (χ1n) is 4.50. The zero-order chi connectivity index (χ0) is 9.90. The van der Waals surface area contributed by atoms with E-state index in [0.29, 0.717) is 6.54 Å². The molecule has 0 saturated heterocycles. The van der Waals surface area contributed by atoms with Gasteiger partial charge in [-0.1, -0.05) is 6.92 Å². The molecule has 3 N–H and O–H groups in total. The van der Waals surface area contributed by atoms with Gasteiger partial charge in [0.25, 0.3) is 0 Å². The average Bonchev–Trinajstić information content (AvgIpc) is 2.52. The third kappa shape index (κ3) is 2.30. The molecular formula is C10H17NOS. The zero-order valence-corrected chi connectivity index (χ0v) is 9.03. The molecule has 0 bridgehead atoms. The third-order valence-corrected chi connectivity index (χ3v) is 3.76. The molecule has 0 amide bonds. The molecule has 0 aliphatic rings. The van der Waals surface area contributed by atoms with E-state index in [9.17, 15) is 0 Å². The van der Waals surface area contributed by atoms with Crippen molar-refractivity contribution in [3.05, 3.63) is 21.9 Å². The Balaban J connectivity index is 2.88.